The summed E-state index contributed by atoms with van der Waals surface area (Å²) in [6.07, 6.45) is 0. The van der Waals surface area contributed by atoms with Crippen LogP contribution in [0.15, 0.2) is 18.2 Å². The second kappa shape index (κ2) is 3.70. The number of nitrogens with one attached hydrogen (secondary N) is 1. The zero-order valence-electron chi connectivity index (χ0n) is 8.70. The van der Waals surface area contributed by atoms with Gasteiger partial charge < -0.3 is 0 Å². The van der Waals surface area contributed by atoms with Crippen molar-refractivity contribution in [3.05, 3.63) is 29.3 Å². The smallest absolute Gasteiger partial charge is 0.243 e. The Bertz CT molecular complexity index is 426. The molecule has 1 aliphatic rings. The molecule has 0 saturated carbocycles. The number of hydrogen-bond donors (Lipinski definition) is 1. The van der Waals surface area contributed by atoms with Crippen molar-refractivity contribution in [2.45, 2.75) is 13.8 Å². The van der Waals surface area contributed by atoms with Crippen LogP contribution >= 0.6 is 11.8 Å². The topological polar surface area (TPSA) is 44.2 Å². The molecule has 2 rings (SSSR count). The summed E-state index contributed by atoms with van der Waals surface area (Å²) in [5, 5.41) is 8.04. The first kappa shape index (κ1) is 10.2. The van der Waals surface area contributed by atoms with Gasteiger partial charge in [-0.1, -0.05) is 23.9 Å². The summed E-state index contributed by atoms with van der Waals surface area (Å²) in [5.74, 6) is 0.380. The largest absolute Gasteiger partial charge is 0.278 e. The summed E-state index contributed by atoms with van der Waals surface area (Å²) in [4.78, 5) is 13.1. The van der Waals surface area contributed by atoms with Crippen molar-refractivity contribution in [1.29, 1.82) is 5.41 Å². The van der Waals surface area contributed by atoms with Gasteiger partial charge in [0, 0.05) is 0 Å². The van der Waals surface area contributed by atoms with E-state index in [-0.39, 0.29) is 5.91 Å². The van der Waals surface area contributed by atoms with Crippen LogP contribution in [-0.4, -0.2) is 16.8 Å². The molecule has 4 heteroatoms. The van der Waals surface area contributed by atoms with Crippen molar-refractivity contribution in [3.63, 3.8) is 0 Å². The van der Waals surface area contributed by atoms with Crippen LogP contribution in [0.1, 0.15) is 11.1 Å². The lowest BCUT2D eigenvalue weighted by Gasteiger charge is -2.17. The van der Waals surface area contributed by atoms with Gasteiger partial charge in [0.2, 0.25) is 5.91 Å². The van der Waals surface area contributed by atoms with Gasteiger partial charge in [-0.05, 0) is 31.0 Å². The summed E-state index contributed by atoms with van der Waals surface area (Å²) in [6, 6.07) is 5.94. The zero-order chi connectivity index (χ0) is 11.0. The number of thioether (sulfide) groups is 1. The second-order valence-corrected chi connectivity index (χ2v) is 4.58. The highest BCUT2D eigenvalue weighted by atomic mass is 32.2. The SMILES string of the molecule is Cc1ccc(C)c(N2C(=N)SCC2=O)c1. The minimum absolute atomic E-state index is 0.00120. The van der Waals surface area contributed by atoms with Gasteiger partial charge in [0.25, 0.3) is 0 Å². The van der Waals surface area contributed by atoms with Crippen LogP contribution in [0.2, 0.25) is 0 Å². The summed E-state index contributed by atoms with van der Waals surface area (Å²) >= 11 is 1.28. The van der Waals surface area contributed by atoms with E-state index >= 15 is 0 Å². The Morgan fingerprint density at radius 1 is 1.40 bits per heavy atom. The van der Waals surface area contributed by atoms with Gasteiger partial charge in [-0.15, -0.1) is 0 Å². The van der Waals surface area contributed by atoms with E-state index in [1.807, 2.05) is 32.0 Å². The predicted molar refractivity (Wildman–Crippen MR) is 63.6 cm³/mol. The molecule has 0 aromatic heterocycles. The number of amidine groups is 1. The first-order valence-corrected chi connectivity index (χ1v) is 5.69. The lowest BCUT2D eigenvalue weighted by molar-refractivity contribution is -0.115. The van der Waals surface area contributed by atoms with E-state index in [0.29, 0.717) is 10.9 Å². The Hall–Kier alpha value is -1.29. The number of rotatable bonds is 1. The van der Waals surface area contributed by atoms with Crippen molar-refractivity contribution in [2.75, 3.05) is 10.7 Å². The van der Waals surface area contributed by atoms with Crippen LogP contribution in [0, 0.1) is 19.3 Å². The van der Waals surface area contributed by atoms with E-state index < -0.39 is 0 Å². The van der Waals surface area contributed by atoms with Gasteiger partial charge in [-0.25, -0.2) is 0 Å². The molecule has 1 heterocycles. The van der Waals surface area contributed by atoms with E-state index in [1.165, 1.54) is 16.7 Å². The lowest BCUT2D eigenvalue weighted by Crippen LogP contribution is -2.29. The van der Waals surface area contributed by atoms with Crippen molar-refractivity contribution in [1.82, 2.24) is 0 Å². The van der Waals surface area contributed by atoms with E-state index in [2.05, 4.69) is 0 Å². The average molecular weight is 220 g/mol. The molecule has 1 saturated heterocycles. The van der Waals surface area contributed by atoms with Crippen LogP contribution in [0.25, 0.3) is 0 Å². The molecule has 0 bridgehead atoms. The molecule has 1 fully saturated rings. The molecule has 0 atom stereocenters. The Morgan fingerprint density at radius 3 is 2.73 bits per heavy atom. The molecule has 0 spiro atoms. The molecule has 1 amide bonds. The molecular weight excluding hydrogens is 208 g/mol. The molecular formula is C11H12N2OS. The van der Waals surface area contributed by atoms with Crippen LogP contribution in [-0.2, 0) is 4.79 Å². The van der Waals surface area contributed by atoms with Gasteiger partial charge in [-0.3, -0.25) is 15.1 Å². The highest BCUT2D eigenvalue weighted by molar-refractivity contribution is 8.15. The van der Waals surface area contributed by atoms with Crippen LogP contribution in [0.4, 0.5) is 5.69 Å². The number of nitrogens with zero attached hydrogens (tertiary/aromatic N) is 1. The number of amides is 1. The molecule has 0 aliphatic carbocycles. The quantitative estimate of drug-likeness (QED) is 0.789. The standard InChI is InChI=1S/C11H12N2OS/c1-7-3-4-8(2)9(5-7)13-10(14)6-15-11(13)12/h3-5,12H,6H2,1-2H3. The summed E-state index contributed by atoms with van der Waals surface area (Å²) in [5.41, 5.74) is 2.98. The van der Waals surface area contributed by atoms with Crippen molar-refractivity contribution in [3.8, 4) is 0 Å². The number of carbonyl (C=O) groups is 1. The monoisotopic (exact) mass is 220 g/mol. The number of anilines is 1. The molecule has 0 unspecified atom stereocenters. The van der Waals surface area contributed by atoms with Crippen LogP contribution in [0.5, 0.6) is 0 Å². The molecule has 0 radical (unpaired) electrons. The highest BCUT2D eigenvalue weighted by Gasteiger charge is 2.29. The zero-order valence-corrected chi connectivity index (χ0v) is 9.52. The summed E-state index contributed by atoms with van der Waals surface area (Å²) in [6.45, 7) is 3.94. The first-order chi connectivity index (χ1) is 7.09. The van der Waals surface area contributed by atoms with Crippen molar-refractivity contribution >= 4 is 28.5 Å². The maximum Gasteiger partial charge on any atom is 0.243 e. The fraction of sp³-hybridized carbons (Fsp3) is 0.273. The van der Waals surface area contributed by atoms with Crippen molar-refractivity contribution in [2.24, 2.45) is 0 Å². The van der Waals surface area contributed by atoms with E-state index in [0.717, 1.165) is 16.8 Å². The number of aryl methyl sites for hydroxylation is 2. The molecule has 1 N–H and O–H groups in total. The summed E-state index contributed by atoms with van der Waals surface area (Å²) in [7, 11) is 0. The third kappa shape index (κ3) is 1.77. The molecule has 78 valence electrons. The maximum absolute atomic E-state index is 11.6. The predicted octanol–water partition coefficient (Wildman–Crippen LogP) is 2.32. The average Bonchev–Trinajstić information content (AvgIpc) is 2.51. The molecule has 15 heavy (non-hydrogen) atoms. The van der Waals surface area contributed by atoms with Gasteiger partial charge in [0.15, 0.2) is 5.17 Å². The summed E-state index contributed by atoms with van der Waals surface area (Å²) < 4.78 is 0. The van der Waals surface area contributed by atoms with E-state index in [9.17, 15) is 4.79 Å². The molecule has 3 nitrogen and oxygen atoms in total. The Labute approximate surface area is 93.0 Å². The fourth-order valence-corrected chi connectivity index (χ4v) is 2.30. The number of carbonyl (C=O) groups excluding carboxylic acids is 1. The highest BCUT2D eigenvalue weighted by Crippen LogP contribution is 2.29. The van der Waals surface area contributed by atoms with E-state index in [1.54, 1.807) is 0 Å². The first-order valence-electron chi connectivity index (χ1n) is 4.71. The van der Waals surface area contributed by atoms with Crippen LogP contribution in [0.3, 0.4) is 0 Å². The van der Waals surface area contributed by atoms with Gasteiger partial charge in [0.05, 0.1) is 11.4 Å². The van der Waals surface area contributed by atoms with Crippen LogP contribution < -0.4 is 4.90 Å². The van der Waals surface area contributed by atoms with Gasteiger partial charge in [-0.2, -0.15) is 0 Å². The third-order valence-electron chi connectivity index (χ3n) is 2.39. The normalized spacial score (nSPS) is 16.3. The van der Waals surface area contributed by atoms with Gasteiger partial charge >= 0.3 is 0 Å². The third-order valence-corrected chi connectivity index (χ3v) is 3.24. The Kier molecular flexibility index (Phi) is 2.52. The molecule has 1 aromatic carbocycles. The fourth-order valence-electron chi connectivity index (χ4n) is 1.58. The minimum atomic E-state index is -0.00120. The number of hydrogen-bond acceptors (Lipinski definition) is 3. The Balaban J connectivity index is 2.48. The lowest BCUT2D eigenvalue weighted by atomic mass is 10.1. The molecule has 1 aromatic rings. The van der Waals surface area contributed by atoms with E-state index in [4.69, 9.17) is 5.41 Å². The minimum Gasteiger partial charge on any atom is -0.278 e. The Morgan fingerprint density at radius 2 is 2.13 bits per heavy atom. The number of benzene rings is 1. The van der Waals surface area contributed by atoms with Crippen molar-refractivity contribution < 1.29 is 4.79 Å². The van der Waals surface area contributed by atoms with Gasteiger partial charge in [0.1, 0.15) is 0 Å². The second-order valence-electron chi connectivity index (χ2n) is 3.61. The molecule has 1 aliphatic heterocycles. The maximum atomic E-state index is 11.6.